The van der Waals surface area contributed by atoms with Crippen molar-refractivity contribution in [3.8, 4) is 0 Å². The number of hydrogen-bond donors (Lipinski definition) is 0. The molecule has 0 saturated carbocycles. The van der Waals surface area contributed by atoms with E-state index in [0.29, 0.717) is 0 Å². The van der Waals surface area contributed by atoms with Crippen LogP contribution in [0.3, 0.4) is 0 Å². The van der Waals surface area contributed by atoms with Crippen LogP contribution in [0.1, 0.15) is 95.3 Å². The van der Waals surface area contributed by atoms with Crippen molar-refractivity contribution in [3.05, 3.63) is 35.9 Å². The van der Waals surface area contributed by atoms with Crippen molar-refractivity contribution in [1.82, 2.24) is 0 Å². The molecule has 0 spiro atoms. The van der Waals surface area contributed by atoms with E-state index in [1.165, 1.54) is 57.8 Å². The second-order valence-corrected chi connectivity index (χ2v) is 7.16. The fourth-order valence-corrected chi connectivity index (χ4v) is 2.97. The molecule has 0 amide bonds. The molecule has 124 valence electrons. The standard InChI is InChI=1S/C21H34O/c1-4-5-6-7-8-9-10-11-15-18-21(2,3)20(22)19-16-13-12-14-17-19/h12-14,16-17H,4-11,15,18H2,1-3H3. The first-order valence-corrected chi connectivity index (χ1v) is 9.18. The Hall–Kier alpha value is -1.11. The van der Waals surface area contributed by atoms with Gasteiger partial charge in [0, 0.05) is 11.0 Å². The highest BCUT2D eigenvalue weighted by Gasteiger charge is 2.27. The third-order valence-electron chi connectivity index (χ3n) is 4.56. The first-order valence-electron chi connectivity index (χ1n) is 9.18. The summed E-state index contributed by atoms with van der Waals surface area (Å²) in [6.45, 7) is 6.44. The summed E-state index contributed by atoms with van der Waals surface area (Å²) >= 11 is 0. The Morgan fingerprint density at radius 3 is 1.86 bits per heavy atom. The minimum absolute atomic E-state index is 0.234. The van der Waals surface area contributed by atoms with Crippen LogP contribution in [0.15, 0.2) is 30.3 Å². The number of hydrogen-bond acceptors (Lipinski definition) is 1. The highest BCUT2D eigenvalue weighted by atomic mass is 16.1. The third-order valence-corrected chi connectivity index (χ3v) is 4.56. The van der Waals surface area contributed by atoms with Crippen molar-refractivity contribution < 1.29 is 4.79 Å². The topological polar surface area (TPSA) is 17.1 Å². The van der Waals surface area contributed by atoms with E-state index in [1.807, 2.05) is 30.3 Å². The summed E-state index contributed by atoms with van der Waals surface area (Å²) in [6.07, 6.45) is 13.0. The molecule has 22 heavy (non-hydrogen) atoms. The van der Waals surface area contributed by atoms with Crippen molar-refractivity contribution in [2.45, 2.75) is 85.0 Å². The van der Waals surface area contributed by atoms with Crippen LogP contribution in [0.5, 0.6) is 0 Å². The van der Waals surface area contributed by atoms with Gasteiger partial charge in [0.2, 0.25) is 0 Å². The smallest absolute Gasteiger partial charge is 0.168 e. The molecule has 0 atom stereocenters. The van der Waals surface area contributed by atoms with Crippen molar-refractivity contribution in [2.24, 2.45) is 5.41 Å². The van der Waals surface area contributed by atoms with Crippen LogP contribution in [-0.4, -0.2) is 5.78 Å². The summed E-state index contributed by atoms with van der Waals surface area (Å²) in [5.41, 5.74) is 0.617. The van der Waals surface area contributed by atoms with Gasteiger partial charge in [-0.2, -0.15) is 0 Å². The minimum atomic E-state index is -0.234. The molecule has 0 heterocycles. The van der Waals surface area contributed by atoms with Gasteiger partial charge in [-0.25, -0.2) is 0 Å². The van der Waals surface area contributed by atoms with Gasteiger partial charge in [-0.1, -0.05) is 109 Å². The van der Waals surface area contributed by atoms with E-state index < -0.39 is 0 Å². The van der Waals surface area contributed by atoms with Crippen LogP contribution in [0.4, 0.5) is 0 Å². The lowest BCUT2D eigenvalue weighted by Crippen LogP contribution is -2.24. The van der Waals surface area contributed by atoms with Gasteiger partial charge in [0.1, 0.15) is 0 Å². The zero-order valence-electron chi connectivity index (χ0n) is 14.9. The SMILES string of the molecule is CCCCCCCCCCCC(C)(C)C(=O)c1ccccc1. The molecule has 0 aromatic heterocycles. The maximum absolute atomic E-state index is 12.5. The molecule has 0 unspecified atom stereocenters. The van der Waals surface area contributed by atoms with E-state index in [9.17, 15) is 4.79 Å². The van der Waals surface area contributed by atoms with Crippen LogP contribution < -0.4 is 0 Å². The fourth-order valence-electron chi connectivity index (χ4n) is 2.97. The fraction of sp³-hybridized carbons (Fsp3) is 0.667. The van der Waals surface area contributed by atoms with Crippen molar-refractivity contribution in [3.63, 3.8) is 0 Å². The second-order valence-electron chi connectivity index (χ2n) is 7.16. The zero-order valence-corrected chi connectivity index (χ0v) is 14.9. The Labute approximate surface area is 137 Å². The summed E-state index contributed by atoms with van der Waals surface area (Å²) in [7, 11) is 0. The molecule has 0 N–H and O–H groups in total. The van der Waals surface area contributed by atoms with Gasteiger partial charge >= 0.3 is 0 Å². The predicted octanol–water partition coefficient (Wildman–Crippen LogP) is 6.82. The Morgan fingerprint density at radius 1 is 0.818 bits per heavy atom. The van der Waals surface area contributed by atoms with Crippen LogP contribution >= 0.6 is 0 Å². The molecule has 0 fully saturated rings. The Morgan fingerprint density at radius 2 is 1.32 bits per heavy atom. The highest BCUT2D eigenvalue weighted by molar-refractivity contribution is 5.99. The molecular weight excluding hydrogens is 268 g/mol. The van der Waals surface area contributed by atoms with Crippen LogP contribution in [0.2, 0.25) is 0 Å². The summed E-state index contributed by atoms with van der Waals surface area (Å²) < 4.78 is 0. The van der Waals surface area contributed by atoms with Crippen LogP contribution in [0.25, 0.3) is 0 Å². The molecule has 1 heteroatoms. The average molecular weight is 303 g/mol. The largest absolute Gasteiger partial charge is 0.294 e. The van der Waals surface area contributed by atoms with Crippen LogP contribution in [-0.2, 0) is 0 Å². The van der Waals surface area contributed by atoms with Crippen LogP contribution in [0, 0.1) is 5.41 Å². The quantitative estimate of drug-likeness (QED) is 0.306. The maximum Gasteiger partial charge on any atom is 0.168 e. The first kappa shape index (κ1) is 18.9. The number of carbonyl (C=O) groups excluding carboxylic acids is 1. The lowest BCUT2D eigenvalue weighted by Gasteiger charge is -2.23. The Kier molecular flexibility index (Phi) is 9.11. The Balaban J connectivity index is 2.16. The molecule has 0 aliphatic rings. The summed E-state index contributed by atoms with van der Waals surface area (Å²) in [6, 6.07) is 9.72. The lowest BCUT2D eigenvalue weighted by molar-refractivity contribution is 0.0822. The molecule has 0 saturated heterocycles. The number of benzene rings is 1. The second kappa shape index (κ2) is 10.6. The molecule has 1 rings (SSSR count). The van der Waals surface area contributed by atoms with E-state index in [2.05, 4.69) is 20.8 Å². The van der Waals surface area contributed by atoms with Gasteiger partial charge in [0.25, 0.3) is 0 Å². The van der Waals surface area contributed by atoms with Crippen molar-refractivity contribution in [2.75, 3.05) is 0 Å². The van der Waals surface area contributed by atoms with E-state index in [4.69, 9.17) is 0 Å². The van der Waals surface area contributed by atoms with Gasteiger partial charge in [-0.15, -0.1) is 0 Å². The van der Waals surface area contributed by atoms with E-state index in [1.54, 1.807) is 0 Å². The number of ketones is 1. The van der Waals surface area contributed by atoms with Crippen molar-refractivity contribution in [1.29, 1.82) is 0 Å². The monoisotopic (exact) mass is 302 g/mol. The van der Waals surface area contributed by atoms with Crippen molar-refractivity contribution >= 4 is 5.78 Å². The molecule has 1 aromatic carbocycles. The number of carbonyl (C=O) groups is 1. The van der Waals surface area contributed by atoms with E-state index >= 15 is 0 Å². The number of rotatable bonds is 12. The Bertz CT molecular complexity index is 405. The number of Topliss-reactive ketones (excluding diaryl/α,β-unsaturated/α-hetero) is 1. The number of unbranched alkanes of at least 4 members (excludes halogenated alkanes) is 8. The summed E-state index contributed by atoms with van der Waals surface area (Å²) in [4.78, 5) is 12.5. The highest BCUT2D eigenvalue weighted by Crippen LogP contribution is 2.28. The van der Waals surface area contributed by atoms with Gasteiger partial charge < -0.3 is 0 Å². The van der Waals surface area contributed by atoms with Gasteiger partial charge in [-0.3, -0.25) is 4.79 Å². The minimum Gasteiger partial charge on any atom is -0.294 e. The van der Waals surface area contributed by atoms with Gasteiger partial charge in [0.15, 0.2) is 5.78 Å². The maximum atomic E-state index is 12.5. The van der Waals surface area contributed by atoms with E-state index in [0.717, 1.165) is 12.0 Å². The molecule has 1 aromatic rings. The molecule has 0 aliphatic carbocycles. The first-order chi connectivity index (χ1) is 10.6. The summed E-state index contributed by atoms with van der Waals surface area (Å²) in [5, 5.41) is 0. The molecule has 0 aliphatic heterocycles. The molecule has 0 radical (unpaired) electrons. The summed E-state index contributed by atoms with van der Waals surface area (Å²) in [5.74, 6) is 0.285. The lowest BCUT2D eigenvalue weighted by atomic mass is 9.80. The third kappa shape index (κ3) is 7.24. The van der Waals surface area contributed by atoms with E-state index in [-0.39, 0.29) is 11.2 Å². The molecule has 0 bridgehead atoms. The van der Waals surface area contributed by atoms with Gasteiger partial charge in [-0.05, 0) is 6.42 Å². The molecule has 1 nitrogen and oxygen atoms in total. The predicted molar refractivity (Wildman–Crippen MR) is 96.4 cm³/mol. The zero-order chi connectivity index (χ0) is 16.3. The normalized spacial score (nSPS) is 11.6. The van der Waals surface area contributed by atoms with Gasteiger partial charge in [0.05, 0.1) is 0 Å². The molecular formula is C21H34O. The average Bonchev–Trinajstić information content (AvgIpc) is 2.53.